The second-order valence-corrected chi connectivity index (χ2v) is 2.45. The lowest BCUT2D eigenvalue weighted by atomic mass is 10.2. The Labute approximate surface area is 60.4 Å². The predicted octanol–water partition coefficient (Wildman–Crippen LogP) is 0.775. The zero-order valence-corrected chi connectivity index (χ0v) is 6.29. The van der Waals surface area contributed by atoms with Crippen LogP contribution in [0.1, 0.15) is 20.3 Å². The van der Waals surface area contributed by atoms with Gasteiger partial charge in [0.1, 0.15) is 12.7 Å². The Kier molecular flexibility index (Phi) is 4.54. The lowest BCUT2D eigenvalue weighted by Gasteiger charge is -2.03. The van der Waals surface area contributed by atoms with Crippen molar-refractivity contribution in [1.29, 1.82) is 0 Å². The van der Waals surface area contributed by atoms with Crippen molar-refractivity contribution >= 4 is 12.3 Å². The van der Waals surface area contributed by atoms with Crippen LogP contribution in [0.2, 0.25) is 0 Å². The standard InChI is InChI=1S/C7H12O3/c1-6(2)5-10-7(9)3-4-8/h4,6H,3,5H2,1-2H3. The molecule has 0 spiro atoms. The van der Waals surface area contributed by atoms with Gasteiger partial charge in [-0.2, -0.15) is 0 Å². The summed E-state index contributed by atoms with van der Waals surface area (Å²) in [5.74, 6) is -0.112. The highest BCUT2D eigenvalue weighted by Gasteiger charge is 2.01. The normalized spacial score (nSPS) is 9.50. The Morgan fingerprint density at radius 2 is 2.20 bits per heavy atom. The molecule has 0 N–H and O–H groups in total. The van der Waals surface area contributed by atoms with Gasteiger partial charge in [0.05, 0.1) is 6.61 Å². The van der Waals surface area contributed by atoms with Crippen molar-refractivity contribution in [3.8, 4) is 0 Å². The van der Waals surface area contributed by atoms with Crippen molar-refractivity contribution in [3.63, 3.8) is 0 Å². The molecule has 0 saturated heterocycles. The molecule has 0 aromatic rings. The Morgan fingerprint density at radius 3 is 2.60 bits per heavy atom. The van der Waals surface area contributed by atoms with Crippen LogP contribution in [0.4, 0.5) is 0 Å². The summed E-state index contributed by atoms with van der Waals surface area (Å²) < 4.78 is 4.67. The van der Waals surface area contributed by atoms with Gasteiger partial charge in [-0.15, -0.1) is 0 Å². The first-order valence-corrected chi connectivity index (χ1v) is 3.26. The average Bonchev–Trinajstić information content (AvgIpc) is 1.85. The minimum absolute atomic E-state index is 0.132. The van der Waals surface area contributed by atoms with Crippen molar-refractivity contribution in [2.75, 3.05) is 6.61 Å². The third kappa shape index (κ3) is 5.28. The molecule has 0 aliphatic heterocycles. The van der Waals surface area contributed by atoms with Gasteiger partial charge in [-0.1, -0.05) is 13.8 Å². The first kappa shape index (κ1) is 9.14. The molecular formula is C7H12O3. The number of hydrogen-bond acceptors (Lipinski definition) is 3. The monoisotopic (exact) mass is 144 g/mol. The molecule has 0 heterocycles. The maximum Gasteiger partial charge on any atom is 0.313 e. The fourth-order valence-corrected chi connectivity index (χ4v) is 0.387. The van der Waals surface area contributed by atoms with E-state index < -0.39 is 5.97 Å². The minimum atomic E-state index is -0.441. The van der Waals surface area contributed by atoms with Crippen molar-refractivity contribution in [1.82, 2.24) is 0 Å². The van der Waals surface area contributed by atoms with Crippen molar-refractivity contribution in [2.24, 2.45) is 5.92 Å². The Bertz CT molecular complexity index is 118. The van der Waals surface area contributed by atoms with E-state index in [1.165, 1.54) is 0 Å². The molecule has 0 aromatic heterocycles. The van der Waals surface area contributed by atoms with Gasteiger partial charge in [-0.25, -0.2) is 0 Å². The smallest absolute Gasteiger partial charge is 0.313 e. The van der Waals surface area contributed by atoms with Gasteiger partial charge in [0.15, 0.2) is 0 Å². The minimum Gasteiger partial charge on any atom is -0.465 e. The second kappa shape index (κ2) is 4.97. The molecule has 0 saturated carbocycles. The number of aldehydes is 1. The van der Waals surface area contributed by atoms with Gasteiger partial charge in [0.25, 0.3) is 0 Å². The molecule has 0 fully saturated rings. The molecule has 3 heteroatoms. The molecule has 0 bridgehead atoms. The fraction of sp³-hybridized carbons (Fsp3) is 0.714. The number of rotatable bonds is 4. The lowest BCUT2D eigenvalue weighted by Crippen LogP contribution is -2.09. The van der Waals surface area contributed by atoms with Crippen LogP contribution in [-0.2, 0) is 14.3 Å². The van der Waals surface area contributed by atoms with Crippen LogP contribution in [0.3, 0.4) is 0 Å². The molecule has 0 aliphatic rings. The number of ether oxygens (including phenoxy) is 1. The SMILES string of the molecule is CC(C)COC(=O)CC=O. The van der Waals surface area contributed by atoms with E-state index in [1.54, 1.807) is 0 Å². The van der Waals surface area contributed by atoms with E-state index in [0.29, 0.717) is 18.8 Å². The highest BCUT2D eigenvalue weighted by molar-refractivity contribution is 5.83. The van der Waals surface area contributed by atoms with Gasteiger partial charge >= 0.3 is 5.97 Å². The largest absolute Gasteiger partial charge is 0.465 e. The van der Waals surface area contributed by atoms with E-state index in [9.17, 15) is 9.59 Å². The summed E-state index contributed by atoms with van der Waals surface area (Å²) in [6.07, 6.45) is 0.412. The molecule has 0 aromatic carbocycles. The van der Waals surface area contributed by atoms with Gasteiger partial charge < -0.3 is 9.53 Å². The van der Waals surface area contributed by atoms with E-state index in [1.807, 2.05) is 13.8 Å². The van der Waals surface area contributed by atoms with E-state index >= 15 is 0 Å². The third-order valence-electron chi connectivity index (χ3n) is 0.828. The van der Waals surface area contributed by atoms with Gasteiger partial charge in [-0.3, -0.25) is 4.79 Å². The van der Waals surface area contributed by atoms with Gasteiger partial charge in [0, 0.05) is 0 Å². The zero-order chi connectivity index (χ0) is 7.98. The van der Waals surface area contributed by atoms with Crippen LogP contribution >= 0.6 is 0 Å². The summed E-state index contributed by atoms with van der Waals surface area (Å²) >= 11 is 0. The van der Waals surface area contributed by atoms with Crippen molar-refractivity contribution in [3.05, 3.63) is 0 Å². The number of carbonyl (C=O) groups excluding carboxylic acids is 2. The Morgan fingerprint density at radius 1 is 1.60 bits per heavy atom. The second-order valence-electron chi connectivity index (χ2n) is 2.45. The summed E-state index contributed by atoms with van der Waals surface area (Å²) in [7, 11) is 0. The highest BCUT2D eigenvalue weighted by atomic mass is 16.5. The number of esters is 1. The maximum absolute atomic E-state index is 10.5. The van der Waals surface area contributed by atoms with Gasteiger partial charge in [0.2, 0.25) is 0 Å². The van der Waals surface area contributed by atoms with Crippen LogP contribution in [0.25, 0.3) is 0 Å². The molecule has 0 aliphatic carbocycles. The molecule has 10 heavy (non-hydrogen) atoms. The summed E-state index contributed by atoms with van der Waals surface area (Å²) in [4.78, 5) is 20.3. The molecule has 3 nitrogen and oxygen atoms in total. The molecule has 58 valence electrons. The average molecular weight is 144 g/mol. The molecule has 0 radical (unpaired) electrons. The summed E-state index contributed by atoms with van der Waals surface area (Å²) in [6.45, 7) is 4.27. The zero-order valence-electron chi connectivity index (χ0n) is 6.29. The van der Waals surface area contributed by atoms with Crippen LogP contribution in [0.15, 0.2) is 0 Å². The van der Waals surface area contributed by atoms with E-state index in [-0.39, 0.29) is 6.42 Å². The number of hydrogen-bond donors (Lipinski definition) is 0. The Hall–Kier alpha value is -0.860. The summed E-state index contributed by atoms with van der Waals surface area (Å²) in [5.41, 5.74) is 0. The molecular weight excluding hydrogens is 132 g/mol. The summed E-state index contributed by atoms with van der Waals surface area (Å²) in [5, 5.41) is 0. The first-order chi connectivity index (χ1) is 4.66. The molecule has 0 unspecified atom stereocenters. The summed E-state index contributed by atoms with van der Waals surface area (Å²) in [6, 6.07) is 0. The topological polar surface area (TPSA) is 43.4 Å². The van der Waals surface area contributed by atoms with Crippen LogP contribution in [0.5, 0.6) is 0 Å². The molecule has 0 rings (SSSR count). The van der Waals surface area contributed by atoms with E-state index in [0.717, 1.165) is 0 Å². The molecule has 0 atom stereocenters. The fourth-order valence-electron chi connectivity index (χ4n) is 0.387. The first-order valence-electron chi connectivity index (χ1n) is 3.26. The van der Waals surface area contributed by atoms with E-state index in [2.05, 4.69) is 4.74 Å². The maximum atomic E-state index is 10.5. The van der Waals surface area contributed by atoms with Crippen molar-refractivity contribution in [2.45, 2.75) is 20.3 Å². The number of carbonyl (C=O) groups is 2. The Balaban J connectivity index is 3.30. The van der Waals surface area contributed by atoms with Crippen LogP contribution in [0, 0.1) is 5.92 Å². The van der Waals surface area contributed by atoms with E-state index in [4.69, 9.17) is 0 Å². The predicted molar refractivity (Wildman–Crippen MR) is 36.5 cm³/mol. The lowest BCUT2D eigenvalue weighted by molar-refractivity contribution is -0.145. The van der Waals surface area contributed by atoms with Crippen LogP contribution < -0.4 is 0 Å². The van der Waals surface area contributed by atoms with Crippen LogP contribution in [-0.4, -0.2) is 18.9 Å². The molecule has 0 amide bonds. The highest BCUT2D eigenvalue weighted by Crippen LogP contribution is 1.93. The van der Waals surface area contributed by atoms with Gasteiger partial charge in [-0.05, 0) is 5.92 Å². The van der Waals surface area contributed by atoms with Crippen molar-refractivity contribution < 1.29 is 14.3 Å². The quantitative estimate of drug-likeness (QED) is 0.332. The third-order valence-corrected chi connectivity index (χ3v) is 0.828.